The summed E-state index contributed by atoms with van der Waals surface area (Å²) in [5.74, 6) is 0.130. The standard InChI is InChI=1S/C6H5N5O2/c1-4-2-6(9-10-7)8-3-5(4)11(12)13/h2-3H,1H3. The highest BCUT2D eigenvalue weighted by molar-refractivity contribution is 5.43. The summed E-state index contributed by atoms with van der Waals surface area (Å²) in [6.07, 6.45) is 1.07. The van der Waals surface area contributed by atoms with E-state index in [-0.39, 0.29) is 11.5 Å². The monoisotopic (exact) mass is 179 g/mol. The summed E-state index contributed by atoms with van der Waals surface area (Å²) >= 11 is 0. The number of aromatic nitrogens is 1. The van der Waals surface area contributed by atoms with Crippen LogP contribution in [0.3, 0.4) is 0 Å². The van der Waals surface area contributed by atoms with Crippen molar-refractivity contribution in [3.63, 3.8) is 0 Å². The Labute approximate surface area is 72.8 Å². The van der Waals surface area contributed by atoms with Crippen molar-refractivity contribution in [1.29, 1.82) is 0 Å². The molecule has 0 N–H and O–H groups in total. The van der Waals surface area contributed by atoms with Crippen molar-refractivity contribution in [2.24, 2.45) is 5.11 Å². The molecule has 0 spiro atoms. The van der Waals surface area contributed by atoms with Crippen LogP contribution in [0.5, 0.6) is 0 Å². The van der Waals surface area contributed by atoms with Crippen molar-refractivity contribution in [3.05, 3.63) is 38.4 Å². The lowest BCUT2D eigenvalue weighted by Gasteiger charge is -1.95. The molecular weight excluding hydrogens is 174 g/mol. The van der Waals surface area contributed by atoms with Gasteiger partial charge < -0.3 is 0 Å². The Bertz CT molecular complexity index is 396. The zero-order chi connectivity index (χ0) is 9.84. The van der Waals surface area contributed by atoms with Gasteiger partial charge in [-0.05, 0) is 23.6 Å². The fraction of sp³-hybridized carbons (Fsp3) is 0.167. The largest absolute Gasteiger partial charge is 0.290 e. The summed E-state index contributed by atoms with van der Waals surface area (Å²) in [4.78, 5) is 15.9. The van der Waals surface area contributed by atoms with Crippen LogP contribution < -0.4 is 0 Å². The summed E-state index contributed by atoms with van der Waals surface area (Å²) in [6, 6.07) is 1.36. The predicted molar refractivity (Wildman–Crippen MR) is 44.4 cm³/mol. The molecule has 0 atom stereocenters. The van der Waals surface area contributed by atoms with E-state index >= 15 is 0 Å². The number of nitrogens with zero attached hydrogens (tertiary/aromatic N) is 5. The number of hydrogen-bond acceptors (Lipinski definition) is 4. The predicted octanol–water partition coefficient (Wildman–Crippen LogP) is 2.24. The summed E-state index contributed by atoms with van der Waals surface area (Å²) in [7, 11) is 0. The quantitative estimate of drug-likeness (QED) is 0.228. The highest BCUT2D eigenvalue weighted by Gasteiger charge is 2.10. The summed E-state index contributed by atoms with van der Waals surface area (Å²) in [5, 5.41) is 13.6. The Morgan fingerprint density at radius 3 is 2.92 bits per heavy atom. The normalized spacial score (nSPS) is 9.00. The summed E-state index contributed by atoms with van der Waals surface area (Å²) in [5.41, 5.74) is 8.41. The van der Waals surface area contributed by atoms with E-state index in [1.807, 2.05) is 0 Å². The van der Waals surface area contributed by atoms with Gasteiger partial charge in [0.25, 0.3) is 5.69 Å². The Kier molecular flexibility index (Phi) is 2.41. The molecule has 66 valence electrons. The maximum Gasteiger partial charge on any atom is 0.290 e. The fourth-order valence-corrected chi connectivity index (χ4v) is 0.826. The van der Waals surface area contributed by atoms with Gasteiger partial charge in [-0.1, -0.05) is 0 Å². The van der Waals surface area contributed by atoms with E-state index in [1.54, 1.807) is 6.92 Å². The van der Waals surface area contributed by atoms with Gasteiger partial charge in [-0.25, -0.2) is 4.98 Å². The highest BCUT2D eigenvalue weighted by Crippen LogP contribution is 2.20. The average Bonchev–Trinajstić information content (AvgIpc) is 2.04. The van der Waals surface area contributed by atoms with Gasteiger partial charge >= 0.3 is 0 Å². The van der Waals surface area contributed by atoms with Crippen molar-refractivity contribution in [3.8, 4) is 0 Å². The summed E-state index contributed by atoms with van der Waals surface area (Å²) in [6.45, 7) is 1.55. The van der Waals surface area contributed by atoms with Gasteiger partial charge in [0, 0.05) is 10.5 Å². The Morgan fingerprint density at radius 1 is 1.77 bits per heavy atom. The molecule has 0 aliphatic heterocycles. The molecular formula is C6H5N5O2. The van der Waals surface area contributed by atoms with Gasteiger partial charge in [-0.15, -0.1) is 0 Å². The number of azide groups is 1. The van der Waals surface area contributed by atoms with E-state index in [1.165, 1.54) is 6.07 Å². The lowest BCUT2D eigenvalue weighted by atomic mass is 10.2. The maximum atomic E-state index is 10.4. The number of hydrogen-bond donors (Lipinski definition) is 0. The summed E-state index contributed by atoms with van der Waals surface area (Å²) < 4.78 is 0. The molecule has 1 aromatic rings. The lowest BCUT2D eigenvalue weighted by molar-refractivity contribution is -0.385. The highest BCUT2D eigenvalue weighted by atomic mass is 16.6. The molecule has 0 aliphatic carbocycles. The third-order valence-corrected chi connectivity index (χ3v) is 1.41. The van der Waals surface area contributed by atoms with Crippen LogP contribution in [0.15, 0.2) is 17.4 Å². The van der Waals surface area contributed by atoms with Gasteiger partial charge in [-0.3, -0.25) is 10.1 Å². The molecule has 13 heavy (non-hydrogen) atoms. The molecule has 0 radical (unpaired) electrons. The van der Waals surface area contributed by atoms with E-state index in [0.29, 0.717) is 5.56 Å². The van der Waals surface area contributed by atoms with E-state index < -0.39 is 4.92 Å². The van der Waals surface area contributed by atoms with Crippen molar-refractivity contribution in [2.45, 2.75) is 6.92 Å². The second-order valence-corrected chi connectivity index (χ2v) is 2.28. The molecule has 0 unspecified atom stereocenters. The molecule has 0 saturated heterocycles. The molecule has 7 nitrogen and oxygen atoms in total. The molecule has 0 aliphatic rings. The van der Waals surface area contributed by atoms with Crippen LogP contribution in [0, 0.1) is 17.0 Å². The van der Waals surface area contributed by atoms with Gasteiger partial charge in [0.2, 0.25) is 0 Å². The van der Waals surface area contributed by atoms with Crippen molar-refractivity contribution in [1.82, 2.24) is 4.98 Å². The van der Waals surface area contributed by atoms with Crippen molar-refractivity contribution in [2.75, 3.05) is 0 Å². The van der Waals surface area contributed by atoms with Gasteiger partial charge in [0.05, 0.1) is 4.92 Å². The van der Waals surface area contributed by atoms with E-state index in [0.717, 1.165) is 6.20 Å². The van der Waals surface area contributed by atoms with Crippen LogP contribution in [-0.2, 0) is 0 Å². The molecule has 0 saturated carbocycles. The third kappa shape index (κ3) is 1.91. The number of nitro groups is 1. The Hall–Kier alpha value is -2.14. The molecule has 0 fully saturated rings. The third-order valence-electron chi connectivity index (χ3n) is 1.41. The zero-order valence-electron chi connectivity index (χ0n) is 6.71. The topological polar surface area (TPSA) is 105 Å². The van der Waals surface area contributed by atoms with Gasteiger partial charge in [0.1, 0.15) is 12.0 Å². The second kappa shape index (κ2) is 3.51. The van der Waals surface area contributed by atoms with Crippen LogP contribution in [0.1, 0.15) is 5.56 Å². The minimum absolute atomic E-state index is 0.0862. The smallest absolute Gasteiger partial charge is 0.258 e. The van der Waals surface area contributed by atoms with Gasteiger partial charge in [-0.2, -0.15) is 0 Å². The SMILES string of the molecule is Cc1cc(N=[N+]=[N-])ncc1[N+](=O)[O-]. The molecule has 0 bridgehead atoms. The molecule has 0 amide bonds. The minimum atomic E-state index is -0.539. The van der Waals surface area contributed by atoms with Crippen LogP contribution in [0.2, 0.25) is 0 Å². The van der Waals surface area contributed by atoms with Crippen LogP contribution in [-0.4, -0.2) is 9.91 Å². The fourth-order valence-electron chi connectivity index (χ4n) is 0.826. The second-order valence-electron chi connectivity index (χ2n) is 2.28. The van der Waals surface area contributed by atoms with E-state index in [4.69, 9.17) is 5.53 Å². The first-order valence-electron chi connectivity index (χ1n) is 3.31. The first kappa shape index (κ1) is 8.95. The zero-order valence-corrected chi connectivity index (χ0v) is 6.71. The van der Waals surface area contributed by atoms with Crippen molar-refractivity contribution < 1.29 is 4.92 Å². The lowest BCUT2D eigenvalue weighted by Crippen LogP contribution is -1.91. The first-order valence-corrected chi connectivity index (χ1v) is 3.31. The first-order chi connectivity index (χ1) is 6.15. The molecule has 1 heterocycles. The number of rotatable bonds is 2. The van der Waals surface area contributed by atoms with Crippen molar-refractivity contribution >= 4 is 11.5 Å². The molecule has 1 rings (SSSR count). The van der Waals surface area contributed by atoms with E-state index in [2.05, 4.69) is 15.0 Å². The van der Waals surface area contributed by atoms with Crippen LogP contribution in [0.25, 0.3) is 10.4 Å². The van der Waals surface area contributed by atoms with E-state index in [9.17, 15) is 10.1 Å². The maximum absolute atomic E-state index is 10.4. The van der Waals surface area contributed by atoms with Crippen LogP contribution in [0.4, 0.5) is 11.5 Å². The molecule has 0 aromatic carbocycles. The van der Waals surface area contributed by atoms with Crippen LogP contribution >= 0.6 is 0 Å². The Balaban J connectivity index is 3.19. The number of pyridine rings is 1. The average molecular weight is 179 g/mol. The molecule has 7 heteroatoms. The number of aryl methyl sites for hydroxylation is 1. The molecule has 1 aromatic heterocycles. The Morgan fingerprint density at radius 2 is 2.46 bits per heavy atom. The minimum Gasteiger partial charge on any atom is -0.258 e. The van der Waals surface area contributed by atoms with Gasteiger partial charge in [0.15, 0.2) is 0 Å².